The first-order valence-corrected chi connectivity index (χ1v) is 10.1. The lowest BCUT2D eigenvalue weighted by atomic mass is 10.1. The molecule has 0 fully saturated rings. The topological polar surface area (TPSA) is 91.1 Å². The van der Waals surface area contributed by atoms with Crippen LogP contribution in [-0.2, 0) is 19.8 Å². The highest BCUT2D eigenvalue weighted by molar-refractivity contribution is 6.75. The van der Waals surface area contributed by atoms with Gasteiger partial charge in [0.25, 0.3) is 11.8 Å². The lowest BCUT2D eigenvalue weighted by Gasteiger charge is -2.24. The molecule has 0 spiro atoms. The van der Waals surface area contributed by atoms with E-state index in [2.05, 4.69) is 5.73 Å². The van der Waals surface area contributed by atoms with Crippen LogP contribution in [0.4, 0.5) is 0 Å². The Kier molecular flexibility index (Phi) is 7.00. The quantitative estimate of drug-likeness (QED) is 0.590. The van der Waals surface area contributed by atoms with Gasteiger partial charge < -0.3 is 19.0 Å². The average molecular weight is 388 g/mol. The molecular weight excluding hydrogens is 364 g/mol. The fourth-order valence-electron chi connectivity index (χ4n) is 2.98. The summed E-state index contributed by atoms with van der Waals surface area (Å²) in [6.07, 6.45) is 0. The largest absolute Gasteiger partial charge is 0.536 e. The van der Waals surface area contributed by atoms with Crippen LogP contribution < -0.4 is 10.9 Å². The van der Waals surface area contributed by atoms with E-state index in [1.165, 1.54) is 11.9 Å². The maximum atomic E-state index is 12.4. The number of benzene rings is 2. The Bertz CT molecular complexity index is 763. The molecule has 0 aromatic heterocycles. The second-order valence-electron chi connectivity index (χ2n) is 5.61. The van der Waals surface area contributed by atoms with Crippen LogP contribution in [0.3, 0.4) is 0 Å². The van der Waals surface area contributed by atoms with E-state index in [9.17, 15) is 9.59 Å². The van der Waals surface area contributed by atoms with Crippen molar-refractivity contribution in [1.82, 2.24) is 4.90 Å². The van der Waals surface area contributed by atoms with E-state index in [4.69, 9.17) is 13.3 Å². The summed E-state index contributed by atoms with van der Waals surface area (Å²) >= 11 is 0. The van der Waals surface area contributed by atoms with Crippen molar-refractivity contribution in [2.75, 3.05) is 28.4 Å². The molecule has 1 heterocycles. The molecule has 0 bridgehead atoms. The zero-order valence-electron chi connectivity index (χ0n) is 15.9. The van der Waals surface area contributed by atoms with Gasteiger partial charge in [0.1, 0.15) is 0 Å². The molecule has 0 unspecified atom stereocenters. The number of hydrogen-bond acceptors (Lipinski definition) is 6. The summed E-state index contributed by atoms with van der Waals surface area (Å²) in [7, 11) is 3.26. The Labute approximate surface area is 160 Å². The third-order valence-electron chi connectivity index (χ3n) is 4.33. The number of carbonyl (C=O) groups is 2. The molecule has 2 N–H and O–H groups in total. The van der Waals surface area contributed by atoms with Crippen molar-refractivity contribution in [3.05, 3.63) is 65.2 Å². The SMILES string of the molecule is CN.CO[Si](OC)(OC)c1ccc(CN2C(=O)c3ccccc3C2=O)cc1. The predicted octanol–water partition coefficient (Wildman–Crippen LogP) is 1.14. The highest BCUT2D eigenvalue weighted by Gasteiger charge is 2.41. The lowest BCUT2D eigenvalue weighted by Crippen LogP contribution is -2.54. The van der Waals surface area contributed by atoms with E-state index >= 15 is 0 Å². The molecule has 2 aromatic rings. The van der Waals surface area contributed by atoms with Crippen molar-refractivity contribution in [2.24, 2.45) is 5.73 Å². The van der Waals surface area contributed by atoms with Gasteiger partial charge in [0, 0.05) is 26.5 Å². The molecule has 1 aliphatic rings. The zero-order valence-corrected chi connectivity index (χ0v) is 16.9. The summed E-state index contributed by atoms with van der Waals surface area (Å²) in [5.41, 5.74) is 6.24. The van der Waals surface area contributed by atoms with Crippen molar-refractivity contribution in [2.45, 2.75) is 6.54 Å². The first kappa shape index (κ1) is 20.9. The number of fused-ring (bicyclic) bond motifs is 1. The molecule has 7 nitrogen and oxygen atoms in total. The zero-order chi connectivity index (χ0) is 20.0. The molecule has 2 aromatic carbocycles. The molecule has 1 aliphatic heterocycles. The molecule has 8 heteroatoms. The Morgan fingerprint density at radius 1 is 0.815 bits per heavy atom. The number of nitrogens with two attached hydrogens (primary N) is 1. The van der Waals surface area contributed by atoms with E-state index in [1.54, 1.807) is 45.6 Å². The van der Waals surface area contributed by atoms with Gasteiger partial charge in [-0.25, -0.2) is 0 Å². The number of nitrogens with zero attached hydrogens (tertiary/aromatic N) is 1. The fourth-order valence-corrected chi connectivity index (χ4v) is 4.77. The number of imide groups is 1. The van der Waals surface area contributed by atoms with Crippen molar-refractivity contribution < 1.29 is 22.9 Å². The maximum absolute atomic E-state index is 12.4. The minimum atomic E-state index is -2.89. The molecule has 0 saturated heterocycles. The smallest absolute Gasteiger partial charge is 0.373 e. The molecule has 0 aliphatic carbocycles. The monoisotopic (exact) mass is 388 g/mol. The van der Waals surface area contributed by atoms with E-state index in [1.807, 2.05) is 24.3 Å². The first-order valence-electron chi connectivity index (χ1n) is 8.34. The molecular formula is C19H24N2O5Si. The van der Waals surface area contributed by atoms with Gasteiger partial charge in [0.2, 0.25) is 0 Å². The summed E-state index contributed by atoms with van der Waals surface area (Å²) in [6, 6.07) is 14.2. The highest BCUT2D eigenvalue weighted by Crippen LogP contribution is 2.24. The van der Waals surface area contributed by atoms with Gasteiger partial charge in [-0.2, -0.15) is 0 Å². The van der Waals surface area contributed by atoms with Gasteiger partial charge >= 0.3 is 8.80 Å². The third-order valence-corrected chi connectivity index (χ3v) is 6.99. The van der Waals surface area contributed by atoms with Gasteiger partial charge in [-0.05, 0) is 24.7 Å². The molecule has 0 saturated carbocycles. The van der Waals surface area contributed by atoms with Crippen LogP contribution in [-0.4, -0.2) is 53.9 Å². The van der Waals surface area contributed by atoms with E-state index in [0.717, 1.165) is 10.8 Å². The van der Waals surface area contributed by atoms with Crippen LogP contribution in [0.2, 0.25) is 0 Å². The van der Waals surface area contributed by atoms with Crippen molar-refractivity contribution >= 4 is 25.8 Å². The van der Waals surface area contributed by atoms with Crippen molar-refractivity contribution in [3.63, 3.8) is 0 Å². The van der Waals surface area contributed by atoms with Crippen LogP contribution >= 0.6 is 0 Å². The Hall–Kier alpha value is -2.36. The van der Waals surface area contributed by atoms with Crippen LogP contribution in [0.5, 0.6) is 0 Å². The third kappa shape index (κ3) is 3.85. The van der Waals surface area contributed by atoms with Crippen LogP contribution in [0.1, 0.15) is 26.3 Å². The molecule has 3 rings (SSSR count). The molecule has 0 atom stereocenters. The summed E-state index contributed by atoms with van der Waals surface area (Å²) in [5, 5.41) is 0.811. The van der Waals surface area contributed by atoms with Gasteiger partial charge in [-0.3, -0.25) is 14.5 Å². The fraction of sp³-hybridized carbons (Fsp3) is 0.263. The lowest BCUT2D eigenvalue weighted by molar-refractivity contribution is 0.0642. The van der Waals surface area contributed by atoms with Crippen LogP contribution in [0, 0.1) is 0 Å². The van der Waals surface area contributed by atoms with Crippen LogP contribution in [0.15, 0.2) is 48.5 Å². The van der Waals surface area contributed by atoms with Crippen molar-refractivity contribution in [1.29, 1.82) is 0 Å². The minimum Gasteiger partial charge on any atom is -0.373 e. The van der Waals surface area contributed by atoms with Gasteiger partial charge in [-0.15, -0.1) is 0 Å². The van der Waals surface area contributed by atoms with E-state index in [-0.39, 0.29) is 18.4 Å². The number of hydrogen-bond donors (Lipinski definition) is 1. The highest BCUT2D eigenvalue weighted by atomic mass is 28.4. The number of amides is 2. The van der Waals surface area contributed by atoms with Crippen molar-refractivity contribution in [3.8, 4) is 0 Å². The minimum absolute atomic E-state index is 0.216. The summed E-state index contributed by atoms with van der Waals surface area (Å²) < 4.78 is 16.3. The second-order valence-corrected chi connectivity index (χ2v) is 8.52. The normalized spacial score (nSPS) is 13.3. The summed E-state index contributed by atoms with van der Waals surface area (Å²) in [6.45, 7) is 0.216. The van der Waals surface area contributed by atoms with E-state index in [0.29, 0.717) is 11.1 Å². The number of rotatable bonds is 6. The van der Waals surface area contributed by atoms with Gasteiger partial charge in [-0.1, -0.05) is 36.4 Å². The Balaban J connectivity index is 0.00000126. The Morgan fingerprint density at radius 2 is 1.26 bits per heavy atom. The van der Waals surface area contributed by atoms with E-state index < -0.39 is 8.80 Å². The predicted molar refractivity (Wildman–Crippen MR) is 104 cm³/mol. The molecule has 27 heavy (non-hydrogen) atoms. The second kappa shape index (κ2) is 9.02. The summed E-state index contributed by atoms with van der Waals surface area (Å²) in [4.78, 5) is 26.1. The van der Waals surface area contributed by atoms with Gasteiger partial charge in [0.05, 0.1) is 17.7 Å². The van der Waals surface area contributed by atoms with Crippen LogP contribution in [0.25, 0.3) is 0 Å². The molecule has 2 amide bonds. The molecule has 0 radical (unpaired) electrons. The molecule has 144 valence electrons. The van der Waals surface area contributed by atoms with Gasteiger partial charge in [0.15, 0.2) is 0 Å². The standard InChI is InChI=1S/C18H19NO5Si.CH5N/c1-22-25(23-2,24-3)14-10-8-13(9-11-14)12-19-17(20)15-6-4-5-7-16(15)18(19)21;1-2/h4-11H,12H2,1-3H3;2H2,1H3. The number of carbonyl (C=O) groups excluding carboxylic acids is 2. The average Bonchev–Trinajstić information content (AvgIpc) is 2.97. The first-order chi connectivity index (χ1) is 13.1. The Morgan fingerprint density at radius 3 is 1.67 bits per heavy atom. The summed E-state index contributed by atoms with van der Waals surface area (Å²) in [5.74, 6) is -0.529. The maximum Gasteiger partial charge on any atom is 0.536 e.